The molecule has 1 aromatic heterocycles. The third-order valence-electron chi connectivity index (χ3n) is 10.6. The molecular formula is C41H54F6N8O9S. The summed E-state index contributed by atoms with van der Waals surface area (Å²) in [5.41, 5.74) is -3.98. The van der Waals surface area contributed by atoms with E-state index < -0.39 is 116 Å². The molecule has 0 unspecified atom stereocenters. The summed E-state index contributed by atoms with van der Waals surface area (Å²) in [7, 11) is -5.38. The van der Waals surface area contributed by atoms with Crippen molar-refractivity contribution >= 4 is 51.2 Å². The van der Waals surface area contributed by atoms with Gasteiger partial charge in [0.2, 0.25) is 23.5 Å². The number of rotatable bonds is 21. The van der Waals surface area contributed by atoms with Gasteiger partial charge in [0.1, 0.15) is 23.8 Å². The second-order valence-electron chi connectivity index (χ2n) is 16.2. The van der Waals surface area contributed by atoms with E-state index in [-0.39, 0.29) is 55.0 Å². The van der Waals surface area contributed by atoms with Crippen LogP contribution in [-0.4, -0.2) is 90.3 Å². The number of benzene rings is 1. The Morgan fingerprint density at radius 1 is 0.738 bits per heavy atom. The number of aromatic nitrogens is 2. The van der Waals surface area contributed by atoms with Crippen molar-refractivity contribution in [2.75, 3.05) is 6.54 Å². The zero-order valence-electron chi connectivity index (χ0n) is 36.3. The first-order chi connectivity index (χ1) is 30.3. The lowest BCUT2D eigenvalue weighted by molar-refractivity contribution is -0.143. The zero-order chi connectivity index (χ0) is 48.9. The summed E-state index contributed by atoms with van der Waals surface area (Å²) in [6, 6.07) is -5.71. The number of Topliss-reactive ketones (excluding diaryl/α,β-unsaturated/α-hetero) is 1. The lowest BCUT2D eigenvalue weighted by Crippen LogP contribution is -2.60. The maximum atomic E-state index is 14.1. The van der Waals surface area contributed by atoms with Crippen LogP contribution in [-0.2, 0) is 51.1 Å². The fourth-order valence-electron chi connectivity index (χ4n) is 6.91. The number of hydrogen-bond acceptors (Lipinski definition) is 11. The predicted octanol–water partition coefficient (Wildman–Crippen LogP) is 3.73. The van der Waals surface area contributed by atoms with Crippen LogP contribution in [0.15, 0.2) is 41.7 Å². The molecule has 2 aromatic rings. The van der Waals surface area contributed by atoms with E-state index in [9.17, 15) is 68.3 Å². The minimum Gasteiger partial charge on any atom is -0.344 e. The van der Waals surface area contributed by atoms with Crippen LogP contribution in [0.1, 0.15) is 114 Å². The van der Waals surface area contributed by atoms with Crippen molar-refractivity contribution in [1.29, 1.82) is 0 Å². The van der Waals surface area contributed by atoms with Crippen molar-refractivity contribution < 1.29 is 68.3 Å². The number of alkyl halides is 6. The second kappa shape index (κ2) is 23.5. The quantitative estimate of drug-likeness (QED) is 0.0777. The molecule has 65 heavy (non-hydrogen) atoms. The third kappa shape index (κ3) is 16.4. The second-order valence-corrected chi connectivity index (χ2v) is 17.9. The highest BCUT2D eigenvalue weighted by molar-refractivity contribution is 7.90. The number of nitrogens with one attached hydrogen (secondary N) is 6. The fraction of sp³-hybridized carbons (Fsp3) is 0.585. The minimum absolute atomic E-state index is 0.0342. The summed E-state index contributed by atoms with van der Waals surface area (Å²) in [6.45, 7) is 7.27. The SMILES string of the molecule is CC[C@H](NC(=O)[C@H](CC1CCCCC1)NC(=O)[C@@H](NC(=O)[C@H](CC(C)C)NC(=O)c1cnccn1)[C@@H](C)CC)C(=O)C(=O)NCC(=O)NS(=O)(=O)c1cc(C(F)(F)F)cc(C(F)(F)F)c1. The van der Waals surface area contributed by atoms with Crippen molar-refractivity contribution in [3.8, 4) is 0 Å². The number of carbonyl (C=O) groups excluding carboxylic acids is 7. The first-order valence-electron chi connectivity index (χ1n) is 20.9. The van der Waals surface area contributed by atoms with Gasteiger partial charge in [-0.1, -0.05) is 73.1 Å². The van der Waals surface area contributed by atoms with E-state index in [2.05, 4.69) is 31.2 Å². The summed E-state index contributed by atoms with van der Waals surface area (Å²) < 4.78 is 106. The molecule has 1 aliphatic rings. The van der Waals surface area contributed by atoms with Gasteiger partial charge in [0.15, 0.2) is 0 Å². The number of amides is 6. The van der Waals surface area contributed by atoms with Crippen LogP contribution >= 0.6 is 0 Å². The maximum absolute atomic E-state index is 14.1. The number of nitrogens with zero attached hydrogens (tertiary/aromatic N) is 2. The smallest absolute Gasteiger partial charge is 0.344 e. The van der Waals surface area contributed by atoms with E-state index in [0.29, 0.717) is 6.42 Å². The molecule has 1 aliphatic carbocycles. The molecule has 0 saturated heterocycles. The summed E-state index contributed by atoms with van der Waals surface area (Å²) in [6.07, 6.45) is -2.28. The highest BCUT2D eigenvalue weighted by atomic mass is 32.2. The molecule has 5 atom stereocenters. The molecule has 6 N–H and O–H groups in total. The van der Waals surface area contributed by atoms with E-state index in [1.165, 1.54) is 30.2 Å². The molecule has 24 heteroatoms. The number of carbonyl (C=O) groups is 7. The van der Waals surface area contributed by atoms with Crippen molar-refractivity contribution in [3.05, 3.63) is 53.6 Å². The number of halogens is 6. The monoisotopic (exact) mass is 948 g/mol. The van der Waals surface area contributed by atoms with Crippen LogP contribution in [0.5, 0.6) is 0 Å². The predicted molar refractivity (Wildman–Crippen MR) is 219 cm³/mol. The first kappa shape index (κ1) is 53.7. The Kier molecular flexibility index (Phi) is 19.4. The molecule has 0 radical (unpaired) electrons. The molecule has 6 amide bonds. The normalized spacial score (nSPS) is 15.9. The van der Waals surface area contributed by atoms with Gasteiger partial charge in [-0.25, -0.2) is 18.1 Å². The standard InChI is InChI=1S/C41H54F6N8O9S/c1-6-23(5)33(54-36(59)29(15-22(3)4)52-37(60)31-20-48-13-14-49-31)38(61)53-30(16-24-11-9-8-10-12-24)35(58)51-28(7-2)34(57)39(62)50-21-32(56)55-65(63,64)27-18-25(40(42,43)44)17-26(19-27)41(45,46)47/h13-14,17-20,22-24,28-30,33H,6-12,15-16,21H2,1-5H3,(H,50,62)(H,51,58)(H,52,60)(H,53,61)(H,54,59)(H,55,56)/t23-,28-,29-,30-,33-/m0/s1. The van der Waals surface area contributed by atoms with Crippen molar-refractivity contribution in [2.24, 2.45) is 17.8 Å². The molecule has 0 spiro atoms. The summed E-state index contributed by atoms with van der Waals surface area (Å²) >= 11 is 0. The summed E-state index contributed by atoms with van der Waals surface area (Å²) in [5, 5.41) is 12.3. The summed E-state index contributed by atoms with van der Waals surface area (Å²) in [4.78, 5) is 99.5. The van der Waals surface area contributed by atoms with Gasteiger partial charge in [-0.15, -0.1) is 0 Å². The molecular weight excluding hydrogens is 895 g/mol. The van der Waals surface area contributed by atoms with Crippen molar-refractivity contribution in [1.82, 2.24) is 41.3 Å². The molecule has 0 aliphatic heterocycles. The van der Waals surface area contributed by atoms with Gasteiger partial charge < -0.3 is 26.6 Å². The molecule has 17 nitrogen and oxygen atoms in total. The molecule has 1 fully saturated rings. The number of hydrogen-bond donors (Lipinski definition) is 6. The van der Waals surface area contributed by atoms with Crippen LogP contribution < -0.4 is 31.3 Å². The Labute approximate surface area is 371 Å². The maximum Gasteiger partial charge on any atom is 0.416 e. The first-order valence-corrected chi connectivity index (χ1v) is 22.4. The summed E-state index contributed by atoms with van der Waals surface area (Å²) in [5.74, 6) is -8.04. The molecule has 360 valence electrons. The Morgan fingerprint density at radius 2 is 1.32 bits per heavy atom. The Hall–Kier alpha value is -5.68. The Bertz CT molecular complexity index is 2100. The zero-order valence-corrected chi connectivity index (χ0v) is 37.1. The highest BCUT2D eigenvalue weighted by Crippen LogP contribution is 2.37. The van der Waals surface area contributed by atoms with Gasteiger partial charge in [-0.05, 0) is 55.2 Å². The van der Waals surface area contributed by atoms with Crippen molar-refractivity contribution in [2.45, 2.75) is 134 Å². The van der Waals surface area contributed by atoms with Crippen LogP contribution in [0.2, 0.25) is 0 Å². The van der Waals surface area contributed by atoms with Gasteiger partial charge in [0.05, 0.1) is 34.8 Å². The number of ketones is 1. The van der Waals surface area contributed by atoms with E-state index >= 15 is 0 Å². The molecule has 0 bridgehead atoms. The lowest BCUT2D eigenvalue weighted by atomic mass is 9.84. The molecule has 1 heterocycles. The van der Waals surface area contributed by atoms with E-state index in [4.69, 9.17) is 0 Å². The van der Waals surface area contributed by atoms with Crippen LogP contribution in [0.4, 0.5) is 26.3 Å². The topological polar surface area (TPSA) is 252 Å². The molecule has 1 saturated carbocycles. The Balaban J connectivity index is 1.75. The van der Waals surface area contributed by atoms with Crippen LogP contribution in [0.25, 0.3) is 0 Å². The fourth-order valence-corrected chi connectivity index (χ4v) is 7.97. The van der Waals surface area contributed by atoms with Gasteiger partial charge in [-0.3, -0.25) is 38.5 Å². The average molecular weight is 949 g/mol. The van der Waals surface area contributed by atoms with Gasteiger partial charge >= 0.3 is 12.4 Å². The molecule has 1 aromatic carbocycles. The molecule has 3 rings (SSSR count). The minimum atomic E-state index is -5.40. The largest absolute Gasteiger partial charge is 0.416 e. The van der Waals surface area contributed by atoms with Gasteiger partial charge in [0.25, 0.3) is 27.7 Å². The van der Waals surface area contributed by atoms with Crippen molar-refractivity contribution in [3.63, 3.8) is 0 Å². The number of sulfonamides is 1. The third-order valence-corrected chi connectivity index (χ3v) is 12.0. The van der Waals surface area contributed by atoms with Gasteiger partial charge in [0, 0.05) is 12.4 Å². The van der Waals surface area contributed by atoms with Crippen LogP contribution in [0.3, 0.4) is 0 Å². The van der Waals surface area contributed by atoms with Crippen LogP contribution in [0, 0.1) is 17.8 Å². The van der Waals surface area contributed by atoms with E-state index in [1.54, 1.807) is 13.8 Å². The van der Waals surface area contributed by atoms with E-state index in [1.807, 2.05) is 19.2 Å². The average Bonchev–Trinajstić information content (AvgIpc) is 3.24. The lowest BCUT2D eigenvalue weighted by Gasteiger charge is -2.31. The Morgan fingerprint density at radius 3 is 1.85 bits per heavy atom. The van der Waals surface area contributed by atoms with Gasteiger partial charge in [-0.2, -0.15) is 26.3 Å². The van der Waals surface area contributed by atoms with E-state index in [0.717, 1.165) is 32.1 Å². The highest BCUT2D eigenvalue weighted by Gasteiger charge is 2.39.